The fraction of sp³-hybridized carbons (Fsp3) is 0.357. The minimum Gasteiger partial charge on any atom is -0.356 e. The second-order valence-electron chi connectivity index (χ2n) is 5.08. The Hall–Kier alpha value is -2.30. The van der Waals surface area contributed by atoms with Gasteiger partial charge in [-0.15, -0.1) is 0 Å². The largest absolute Gasteiger partial charge is 0.356 e. The smallest absolute Gasteiger partial charge is 0.243 e. The predicted octanol–water partition coefficient (Wildman–Crippen LogP) is 0.980. The first-order valence-electron chi connectivity index (χ1n) is 7.28. The van der Waals surface area contributed by atoms with E-state index in [1.807, 2.05) is 6.07 Å². The average molecular weight is 353 g/mol. The molecule has 0 bridgehead atoms. The third-order valence-corrected chi connectivity index (χ3v) is 5.51. The van der Waals surface area contributed by atoms with Crippen molar-refractivity contribution in [1.29, 1.82) is 0 Å². The van der Waals surface area contributed by atoms with Crippen LogP contribution >= 0.6 is 0 Å². The molecule has 1 fully saturated rings. The normalized spacial score (nSPS) is 16.0. The Morgan fingerprint density at radius 2 is 1.92 bits per heavy atom. The molecule has 24 heavy (non-hydrogen) atoms. The number of pyridine rings is 1. The summed E-state index contributed by atoms with van der Waals surface area (Å²) < 4.78 is 27.2. The minimum atomic E-state index is -3.45. The molecule has 130 valence electrons. The van der Waals surface area contributed by atoms with Crippen molar-refractivity contribution >= 4 is 20.8 Å². The van der Waals surface area contributed by atoms with Crippen LogP contribution in [0.25, 0.3) is 10.8 Å². The molecule has 1 aliphatic rings. The molecule has 1 aliphatic heterocycles. The summed E-state index contributed by atoms with van der Waals surface area (Å²) in [6.45, 7) is 2.65. The molecule has 2 heterocycles. The molecule has 0 radical (unpaired) electrons. The molecule has 0 amide bonds. The van der Waals surface area contributed by atoms with E-state index < -0.39 is 15.1 Å². The highest BCUT2D eigenvalue weighted by Gasteiger charge is 2.26. The molecule has 10 heteroatoms. The SMILES string of the molecule is O=S(=O)(c1cccc2cnccc12)N1CCCNCC1.O=[N+]([O-])[O-]. The number of hydrogen-bond donors (Lipinski definition) is 1. The quantitative estimate of drug-likeness (QED) is 0.629. The lowest BCUT2D eigenvalue weighted by molar-refractivity contribution is -0.402. The predicted molar refractivity (Wildman–Crippen MR) is 88.3 cm³/mol. The molecule has 0 atom stereocenters. The first-order chi connectivity index (χ1) is 11.4. The van der Waals surface area contributed by atoms with Crippen molar-refractivity contribution in [2.75, 3.05) is 26.2 Å². The van der Waals surface area contributed by atoms with Gasteiger partial charge in [0.25, 0.3) is 0 Å². The maximum atomic E-state index is 12.8. The molecule has 1 aromatic carbocycles. The van der Waals surface area contributed by atoms with Gasteiger partial charge in [-0.1, -0.05) is 12.1 Å². The van der Waals surface area contributed by atoms with E-state index in [1.165, 1.54) is 0 Å². The Kier molecular flexibility index (Phi) is 6.01. The molecule has 0 saturated carbocycles. The monoisotopic (exact) mass is 353 g/mol. The number of nitrogens with zero attached hydrogens (tertiary/aromatic N) is 3. The molecule has 3 rings (SSSR count). The summed E-state index contributed by atoms with van der Waals surface area (Å²) in [4.78, 5) is 12.7. The van der Waals surface area contributed by atoms with Gasteiger partial charge < -0.3 is 20.6 Å². The van der Waals surface area contributed by atoms with Gasteiger partial charge in [0.15, 0.2) is 0 Å². The van der Waals surface area contributed by atoms with Crippen molar-refractivity contribution in [3.05, 3.63) is 52.0 Å². The molecule has 0 spiro atoms. The van der Waals surface area contributed by atoms with Crippen LogP contribution in [0, 0.1) is 15.3 Å². The number of nitrogens with one attached hydrogen (secondary N) is 1. The fourth-order valence-corrected chi connectivity index (χ4v) is 4.21. The lowest BCUT2D eigenvalue weighted by Gasteiger charge is -2.20. The molecule has 1 N–H and O–H groups in total. The number of benzene rings is 1. The summed E-state index contributed by atoms with van der Waals surface area (Å²) >= 11 is 0. The van der Waals surface area contributed by atoms with Crippen LogP contribution in [-0.2, 0) is 10.0 Å². The minimum absolute atomic E-state index is 0.374. The van der Waals surface area contributed by atoms with Crippen LogP contribution in [0.1, 0.15) is 6.42 Å². The van der Waals surface area contributed by atoms with E-state index in [9.17, 15) is 8.42 Å². The van der Waals surface area contributed by atoms with Gasteiger partial charge in [-0.3, -0.25) is 4.98 Å². The highest BCUT2D eigenvalue weighted by molar-refractivity contribution is 7.89. The van der Waals surface area contributed by atoms with Gasteiger partial charge >= 0.3 is 0 Å². The number of hydrogen-bond acceptors (Lipinski definition) is 7. The zero-order valence-electron chi connectivity index (χ0n) is 12.8. The number of sulfonamides is 1. The van der Waals surface area contributed by atoms with Gasteiger partial charge in [-0.05, 0) is 25.1 Å². The van der Waals surface area contributed by atoms with Crippen LogP contribution in [0.5, 0.6) is 0 Å². The van der Waals surface area contributed by atoms with E-state index in [0.29, 0.717) is 24.5 Å². The molecule has 1 saturated heterocycles. The van der Waals surface area contributed by atoms with Crippen LogP contribution < -0.4 is 5.32 Å². The number of fused-ring (bicyclic) bond motifs is 1. The molecular formula is C14H17N4O5S-. The fourth-order valence-electron chi connectivity index (χ4n) is 2.52. The van der Waals surface area contributed by atoms with Crippen LogP contribution in [0.2, 0.25) is 0 Å². The highest BCUT2D eigenvalue weighted by atomic mass is 32.2. The molecular weight excluding hydrogens is 336 g/mol. The summed E-state index contributed by atoms with van der Waals surface area (Å²) in [6, 6.07) is 7.09. The Morgan fingerprint density at radius 1 is 1.17 bits per heavy atom. The van der Waals surface area contributed by atoms with Crippen molar-refractivity contribution in [1.82, 2.24) is 14.6 Å². The first-order valence-corrected chi connectivity index (χ1v) is 8.72. The summed E-state index contributed by atoms with van der Waals surface area (Å²) in [6.07, 6.45) is 4.16. The van der Waals surface area contributed by atoms with Gasteiger partial charge in [-0.25, -0.2) is 8.42 Å². The van der Waals surface area contributed by atoms with Crippen LogP contribution in [0.15, 0.2) is 41.6 Å². The van der Waals surface area contributed by atoms with Crippen molar-refractivity contribution in [2.45, 2.75) is 11.3 Å². The lowest BCUT2D eigenvalue weighted by Crippen LogP contribution is -2.34. The van der Waals surface area contributed by atoms with Crippen molar-refractivity contribution in [3.63, 3.8) is 0 Å². The zero-order chi connectivity index (χ0) is 17.6. The summed E-state index contributed by atoms with van der Waals surface area (Å²) in [5.74, 6) is 0. The molecule has 9 nitrogen and oxygen atoms in total. The maximum absolute atomic E-state index is 12.8. The van der Waals surface area contributed by atoms with E-state index in [2.05, 4.69) is 10.3 Å². The molecule has 0 unspecified atom stereocenters. The van der Waals surface area contributed by atoms with Crippen LogP contribution in [0.4, 0.5) is 0 Å². The lowest BCUT2D eigenvalue weighted by atomic mass is 10.2. The second-order valence-corrected chi connectivity index (χ2v) is 6.99. The van der Waals surface area contributed by atoms with Gasteiger partial charge in [0.2, 0.25) is 10.0 Å². The molecule has 0 aliphatic carbocycles. The van der Waals surface area contributed by atoms with Gasteiger partial charge in [0.1, 0.15) is 0 Å². The van der Waals surface area contributed by atoms with Crippen molar-refractivity contribution in [3.8, 4) is 0 Å². The Bertz CT molecular complexity index is 794. The highest BCUT2D eigenvalue weighted by Crippen LogP contribution is 2.25. The summed E-state index contributed by atoms with van der Waals surface area (Å²) in [7, 11) is -3.45. The third kappa shape index (κ3) is 4.37. The van der Waals surface area contributed by atoms with E-state index in [-0.39, 0.29) is 0 Å². The van der Waals surface area contributed by atoms with E-state index in [0.717, 1.165) is 23.7 Å². The van der Waals surface area contributed by atoms with E-state index in [4.69, 9.17) is 15.3 Å². The maximum Gasteiger partial charge on any atom is 0.243 e. The van der Waals surface area contributed by atoms with Crippen LogP contribution in [-0.4, -0.2) is 49.0 Å². The Balaban J connectivity index is 0.000000471. The standard InChI is InChI=1S/C14H17N3O2S.NO3/c18-20(19,17-9-2-6-15-8-10-17)14-4-1-3-12-11-16-7-5-13(12)14;2-1(3)4/h1,3-5,7,11,15H,2,6,8-10H2;/q;-1. The zero-order valence-corrected chi connectivity index (χ0v) is 13.6. The summed E-state index contributed by atoms with van der Waals surface area (Å²) in [5, 5.41) is 19.6. The van der Waals surface area contributed by atoms with E-state index in [1.54, 1.807) is 34.9 Å². The summed E-state index contributed by atoms with van der Waals surface area (Å²) in [5.41, 5.74) is 0. The van der Waals surface area contributed by atoms with Gasteiger partial charge in [0.05, 0.1) is 9.98 Å². The van der Waals surface area contributed by atoms with Crippen molar-refractivity contribution in [2.24, 2.45) is 0 Å². The third-order valence-electron chi connectivity index (χ3n) is 3.56. The van der Waals surface area contributed by atoms with Gasteiger partial charge in [-0.2, -0.15) is 4.31 Å². The molecule has 2 aromatic rings. The van der Waals surface area contributed by atoms with Gasteiger partial charge in [0, 0.05) is 42.8 Å². The van der Waals surface area contributed by atoms with Crippen molar-refractivity contribution < 1.29 is 13.5 Å². The Labute approximate surface area is 139 Å². The van der Waals surface area contributed by atoms with E-state index >= 15 is 0 Å². The number of rotatable bonds is 2. The Morgan fingerprint density at radius 3 is 2.67 bits per heavy atom. The first kappa shape index (κ1) is 18.0. The average Bonchev–Trinajstić information content (AvgIpc) is 2.83. The second kappa shape index (κ2) is 7.99. The number of aromatic nitrogens is 1. The topological polar surface area (TPSA) is 128 Å². The van der Waals surface area contributed by atoms with Crippen LogP contribution in [0.3, 0.4) is 0 Å². The molecule has 1 aromatic heterocycles.